The number of para-hydroxylation sites is 3. The zero-order valence-electron chi connectivity index (χ0n) is 13.8. The van der Waals surface area contributed by atoms with Gasteiger partial charge in [0.2, 0.25) is 10.0 Å². The highest BCUT2D eigenvalue weighted by Gasteiger charge is 2.35. The highest BCUT2D eigenvalue weighted by atomic mass is 32.2. The number of sulfonamides is 1. The Morgan fingerprint density at radius 3 is 2.60 bits per heavy atom. The minimum Gasteiger partial charge on any atom is -0.476 e. The summed E-state index contributed by atoms with van der Waals surface area (Å²) in [5.74, 6) is -0.0119. The lowest BCUT2D eigenvalue weighted by Crippen LogP contribution is -2.48. The summed E-state index contributed by atoms with van der Waals surface area (Å²) in [7, 11) is -3.52. The summed E-state index contributed by atoms with van der Waals surface area (Å²) in [6.45, 7) is -0.0664. The summed E-state index contributed by atoms with van der Waals surface area (Å²) in [5.41, 5.74) is 1.12. The van der Waals surface area contributed by atoms with Gasteiger partial charge in [-0.15, -0.1) is 11.8 Å². The Labute approximate surface area is 151 Å². The number of amides is 1. The van der Waals surface area contributed by atoms with Gasteiger partial charge in [0.15, 0.2) is 6.10 Å². The lowest BCUT2D eigenvalue weighted by molar-refractivity contribution is -0.122. The largest absolute Gasteiger partial charge is 0.476 e. The summed E-state index contributed by atoms with van der Waals surface area (Å²) >= 11 is 1.52. The van der Waals surface area contributed by atoms with Gasteiger partial charge in [-0.05, 0) is 30.5 Å². The van der Waals surface area contributed by atoms with Crippen LogP contribution in [0.4, 0.5) is 11.4 Å². The van der Waals surface area contributed by atoms with E-state index in [4.69, 9.17) is 4.74 Å². The first-order valence-corrected chi connectivity index (χ1v) is 10.6. The smallest absolute Gasteiger partial charge is 0.267 e. The average molecular weight is 378 g/mol. The second-order valence-corrected chi connectivity index (χ2v) is 8.31. The Morgan fingerprint density at radius 2 is 1.88 bits per heavy atom. The van der Waals surface area contributed by atoms with Crippen molar-refractivity contribution in [2.24, 2.45) is 0 Å². The summed E-state index contributed by atoms with van der Waals surface area (Å²) in [6.07, 6.45) is 2.11. The molecule has 132 valence electrons. The molecule has 0 saturated carbocycles. The Morgan fingerprint density at radius 1 is 1.20 bits per heavy atom. The van der Waals surface area contributed by atoms with Gasteiger partial charge in [0.25, 0.3) is 5.91 Å². The molecule has 1 aliphatic heterocycles. The minimum atomic E-state index is -3.52. The van der Waals surface area contributed by atoms with Crippen LogP contribution in [-0.2, 0) is 14.8 Å². The van der Waals surface area contributed by atoms with E-state index in [1.54, 1.807) is 30.3 Å². The van der Waals surface area contributed by atoms with Crippen molar-refractivity contribution in [3.8, 4) is 5.75 Å². The van der Waals surface area contributed by atoms with Gasteiger partial charge in [-0.1, -0.05) is 24.3 Å². The fourth-order valence-corrected chi connectivity index (χ4v) is 4.08. The Kier molecular flexibility index (Phi) is 4.91. The number of benzene rings is 2. The Balaban J connectivity index is 1.87. The van der Waals surface area contributed by atoms with Gasteiger partial charge in [-0.2, -0.15) is 0 Å². The first-order chi connectivity index (χ1) is 11.9. The van der Waals surface area contributed by atoms with Crippen molar-refractivity contribution < 1.29 is 17.9 Å². The molecule has 0 aliphatic carbocycles. The van der Waals surface area contributed by atoms with E-state index in [0.717, 1.165) is 11.2 Å². The second kappa shape index (κ2) is 6.97. The van der Waals surface area contributed by atoms with Crippen LogP contribution >= 0.6 is 11.8 Å². The lowest BCUT2D eigenvalue weighted by atomic mass is 10.2. The van der Waals surface area contributed by atoms with Crippen molar-refractivity contribution in [2.75, 3.05) is 28.7 Å². The van der Waals surface area contributed by atoms with Crippen LogP contribution in [0.2, 0.25) is 0 Å². The van der Waals surface area contributed by atoms with Crippen LogP contribution < -0.4 is 14.4 Å². The molecule has 2 aromatic rings. The number of carbonyl (C=O) groups excluding carboxylic acids is 1. The summed E-state index contributed by atoms with van der Waals surface area (Å²) in [6, 6.07) is 14.2. The van der Waals surface area contributed by atoms with Crippen LogP contribution in [0.3, 0.4) is 0 Å². The number of hydrogen-bond donors (Lipinski definition) is 1. The van der Waals surface area contributed by atoms with Crippen molar-refractivity contribution in [2.45, 2.75) is 11.0 Å². The topological polar surface area (TPSA) is 75.7 Å². The fourth-order valence-electron chi connectivity index (χ4n) is 2.61. The summed E-state index contributed by atoms with van der Waals surface area (Å²) in [4.78, 5) is 13.6. The van der Waals surface area contributed by atoms with E-state index in [-0.39, 0.29) is 12.5 Å². The van der Waals surface area contributed by atoms with Gasteiger partial charge in [-0.3, -0.25) is 9.10 Å². The highest BCUT2D eigenvalue weighted by Crippen LogP contribution is 2.35. The summed E-state index contributed by atoms with van der Waals surface area (Å²) in [5, 5.41) is 2.83. The number of hydrogen-bond acceptors (Lipinski definition) is 5. The number of rotatable bonds is 4. The molecule has 25 heavy (non-hydrogen) atoms. The monoisotopic (exact) mass is 378 g/mol. The first-order valence-electron chi connectivity index (χ1n) is 7.57. The van der Waals surface area contributed by atoms with E-state index in [2.05, 4.69) is 5.32 Å². The number of fused-ring (bicyclic) bond motifs is 1. The normalized spacial score (nSPS) is 16.7. The number of thioether (sulfide) groups is 1. The maximum atomic E-state index is 12.7. The third-order valence-corrected chi connectivity index (χ3v) is 5.73. The number of nitrogens with zero attached hydrogens (tertiary/aromatic N) is 1. The molecule has 3 rings (SSSR count). The van der Waals surface area contributed by atoms with Crippen LogP contribution in [0, 0.1) is 0 Å². The average Bonchev–Trinajstić information content (AvgIpc) is 2.60. The summed E-state index contributed by atoms with van der Waals surface area (Å²) < 4.78 is 31.2. The third kappa shape index (κ3) is 3.74. The Hall–Kier alpha value is -2.19. The van der Waals surface area contributed by atoms with Gasteiger partial charge >= 0.3 is 0 Å². The molecule has 2 aromatic carbocycles. The molecule has 8 heteroatoms. The second-order valence-electron chi connectivity index (χ2n) is 5.56. The van der Waals surface area contributed by atoms with E-state index in [1.165, 1.54) is 16.1 Å². The van der Waals surface area contributed by atoms with Crippen LogP contribution in [0.15, 0.2) is 53.4 Å². The maximum absolute atomic E-state index is 12.7. The first kappa shape index (κ1) is 17.6. The molecule has 0 radical (unpaired) electrons. The number of carbonyl (C=O) groups is 1. The van der Waals surface area contributed by atoms with Gasteiger partial charge in [-0.25, -0.2) is 8.42 Å². The van der Waals surface area contributed by atoms with Gasteiger partial charge in [0.1, 0.15) is 5.75 Å². The van der Waals surface area contributed by atoms with E-state index in [1.807, 2.05) is 24.5 Å². The predicted octanol–water partition coefficient (Wildman–Crippen LogP) is 2.57. The number of nitrogens with one attached hydrogen (secondary N) is 1. The van der Waals surface area contributed by atoms with Crippen molar-refractivity contribution >= 4 is 39.1 Å². The van der Waals surface area contributed by atoms with Crippen molar-refractivity contribution in [1.29, 1.82) is 0 Å². The molecule has 1 amide bonds. The third-order valence-electron chi connectivity index (χ3n) is 3.79. The van der Waals surface area contributed by atoms with Crippen LogP contribution in [0.25, 0.3) is 0 Å². The molecular formula is C17H18N2O4S2. The van der Waals surface area contributed by atoms with Gasteiger partial charge in [0, 0.05) is 4.90 Å². The van der Waals surface area contributed by atoms with Gasteiger partial charge < -0.3 is 10.1 Å². The molecule has 0 fully saturated rings. The van der Waals surface area contributed by atoms with E-state index >= 15 is 0 Å². The number of anilines is 2. The lowest BCUT2D eigenvalue weighted by Gasteiger charge is -2.33. The van der Waals surface area contributed by atoms with Crippen molar-refractivity contribution in [3.05, 3.63) is 48.5 Å². The molecule has 0 aromatic heterocycles. The zero-order chi connectivity index (χ0) is 18.0. The molecule has 1 unspecified atom stereocenters. The number of ether oxygens (including phenoxy) is 1. The zero-order valence-corrected chi connectivity index (χ0v) is 15.4. The maximum Gasteiger partial charge on any atom is 0.267 e. The molecule has 1 atom stereocenters. The minimum absolute atomic E-state index is 0.0664. The van der Waals surface area contributed by atoms with E-state index < -0.39 is 16.1 Å². The molecule has 1 heterocycles. The quantitative estimate of drug-likeness (QED) is 0.828. The van der Waals surface area contributed by atoms with Crippen molar-refractivity contribution in [3.63, 3.8) is 0 Å². The molecule has 1 aliphatic rings. The molecular weight excluding hydrogens is 360 g/mol. The Bertz CT molecular complexity index is 899. The van der Waals surface area contributed by atoms with Crippen LogP contribution in [0.1, 0.15) is 0 Å². The molecule has 0 bridgehead atoms. The van der Waals surface area contributed by atoms with E-state index in [9.17, 15) is 13.2 Å². The molecule has 0 spiro atoms. The van der Waals surface area contributed by atoms with Crippen molar-refractivity contribution in [1.82, 2.24) is 0 Å². The molecule has 6 nitrogen and oxygen atoms in total. The van der Waals surface area contributed by atoms with E-state index in [0.29, 0.717) is 17.1 Å². The van der Waals surface area contributed by atoms with Crippen LogP contribution in [-0.4, -0.2) is 39.5 Å². The highest BCUT2D eigenvalue weighted by molar-refractivity contribution is 7.98. The SMILES string of the molecule is CSc1ccccc1NC(=O)C1CN(S(C)(=O)=O)c2ccccc2O1. The predicted molar refractivity (Wildman–Crippen MR) is 99.9 cm³/mol. The standard InChI is InChI=1S/C17H18N2O4S2/c1-24-16-10-6-3-7-12(16)18-17(20)15-11-19(25(2,21)22)13-8-4-5-9-14(13)23-15/h3-10,15H,11H2,1-2H3,(H,18,20). The van der Waals surface area contributed by atoms with Crippen LogP contribution in [0.5, 0.6) is 5.75 Å². The fraction of sp³-hybridized carbons (Fsp3) is 0.235. The molecule has 1 N–H and O–H groups in total. The molecule has 0 saturated heterocycles. The van der Waals surface area contributed by atoms with Gasteiger partial charge in [0.05, 0.1) is 24.2 Å².